The number of hydrogen-bond donors (Lipinski definition) is 1. The number of ether oxygens (including phenoxy) is 2. The minimum atomic E-state index is -0.440. The summed E-state index contributed by atoms with van der Waals surface area (Å²) in [6, 6.07) is 0. The zero-order valence-electron chi connectivity index (χ0n) is 12.1. The Morgan fingerprint density at radius 2 is 2.05 bits per heavy atom. The Hall–Kier alpha value is -0.810. The number of hydrogen-bond acceptors (Lipinski definition) is 4. The number of carbonyl (C=O) groups is 1. The number of amides is 1. The molecule has 0 aromatic heterocycles. The molecule has 0 aromatic carbocycles. The van der Waals surface area contributed by atoms with Crippen LogP contribution in [0.25, 0.3) is 0 Å². The van der Waals surface area contributed by atoms with Gasteiger partial charge in [0.15, 0.2) is 0 Å². The molecule has 1 unspecified atom stereocenters. The van der Waals surface area contributed by atoms with E-state index >= 15 is 0 Å². The van der Waals surface area contributed by atoms with Crippen LogP contribution in [0.4, 0.5) is 4.79 Å². The van der Waals surface area contributed by atoms with E-state index in [1.165, 1.54) is 0 Å². The first-order valence-corrected chi connectivity index (χ1v) is 7.04. The average Bonchev–Trinajstić information content (AvgIpc) is 2.71. The van der Waals surface area contributed by atoms with E-state index in [1.54, 1.807) is 4.90 Å². The van der Waals surface area contributed by atoms with Crippen LogP contribution in [-0.2, 0) is 9.47 Å². The number of rotatable bonds is 1. The molecule has 0 saturated carbocycles. The van der Waals surface area contributed by atoms with Gasteiger partial charge < -0.3 is 19.5 Å². The van der Waals surface area contributed by atoms with Crippen LogP contribution < -0.4 is 0 Å². The van der Waals surface area contributed by atoms with Crippen molar-refractivity contribution in [3.63, 3.8) is 0 Å². The fraction of sp³-hybridized carbons (Fsp3) is 0.929. The van der Waals surface area contributed by atoms with Gasteiger partial charge in [0.2, 0.25) is 0 Å². The maximum atomic E-state index is 12.0. The molecule has 1 amide bonds. The lowest BCUT2D eigenvalue weighted by Crippen LogP contribution is -2.45. The van der Waals surface area contributed by atoms with Crippen molar-refractivity contribution in [3.8, 4) is 0 Å². The highest BCUT2D eigenvalue weighted by Gasteiger charge is 2.43. The van der Waals surface area contributed by atoms with Crippen LogP contribution >= 0.6 is 0 Å². The largest absolute Gasteiger partial charge is 0.444 e. The molecular formula is C14H25NO4. The van der Waals surface area contributed by atoms with Crippen LogP contribution in [0.1, 0.15) is 40.0 Å². The molecule has 2 rings (SSSR count). The summed E-state index contributed by atoms with van der Waals surface area (Å²) in [5, 5.41) is 9.14. The lowest BCUT2D eigenvalue weighted by Gasteiger charge is -2.38. The summed E-state index contributed by atoms with van der Waals surface area (Å²) >= 11 is 0. The zero-order chi connectivity index (χ0) is 14.1. The van der Waals surface area contributed by atoms with Gasteiger partial charge in [0.1, 0.15) is 5.60 Å². The molecule has 2 aliphatic rings. The van der Waals surface area contributed by atoms with Crippen molar-refractivity contribution < 1.29 is 19.4 Å². The molecule has 110 valence electrons. The van der Waals surface area contributed by atoms with Gasteiger partial charge in [-0.15, -0.1) is 0 Å². The number of aliphatic hydroxyl groups excluding tert-OH is 1. The normalized spacial score (nSPS) is 26.7. The van der Waals surface area contributed by atoms with Crippen LogP contribution in [0.2, 0.25) is 0 Å². The molecule has 2 heterocycles. The van der Waals surface area contributed by atoms with Gasteiger partial charge in [-0.3, -0.25) is 0 Å². The Bertz CT molecular complexity index is 329. The summed E-state index contributed by atoms with van der Waals surface area (Å²) in [5.74, 6) is 0. The summed E-state index contributed by atoms with van der Waals surface area (Å²) in [4.78, 5) is 13.8. The van der Waals surface area contributed by atoms with Crippen LogP contribution in [0.5, 0.6) is 0 Å². The van der Waals surface area contributed by atoms with Gasteiger partial charge in [0.25, 0.3) is 0 Å². The van der Waals surface area contributed by atoms with Crippen LogP contribution in [0.3, 0.4) is 0 Å². The number of aliphatic hydroxyl groups is 1. The molecule has 0 bridgehead atoms. The second-order valence-corrected chi connectivity index (χ2v) is 6.79. The standard InChI is InChI=1S/C14H25NO4/c1-13(2,3)19-12(17)15-6-4-14(5-7-15)8-11(9-16)18-10-14/h11,16H,4-10H2,1-3H3. The van der Waals surface area contributed by atoms with Gasteiger partial charge in [-0.2, -0.15) is 0 Å². The van der Waals surface area contributed by atoms with E-state index in [-0.39, 0.29) is 24.2 Å². The number of likely N-dealkylation sites (tertiary alicyclic amines) is 1. The predicted molar refractivity (Wildman–Crippen MR) is 70.9 cm³/mol. The quantitative estimate of drug-likeness (QED) is 0.790. The number of nitrogens with zero attached hydrogens (tertiary/aromatic N) is 1. The SMILES string of the molecule is CC(C)(C)OC(=O)N1CCC2(CC1)COC(CO)C2. The molecule has 0 aliphatic carbocycles. The van der Waals surface area contributed by atoms with Crippen molar-refractivity contribution in [2.45, 2.75) is 51.7 Å². The van der Waals surface area contributed by atoms with Gasteiger partial charge in [-0.05, 0) is 45.4 Å². The smallest absolute Gasteiger partial charge is 0.410 e. The molecule has 1 spiro atoms. The Morgan fingerprint density at radius 3 is 2.53 bits per heavy atom. The molecular weight excluding hydrogens is 246 g/mol. The third kappa shape index (κ3) is 3.60. The highest BCUT2D eigenvalue weighted by atomic mass is 16.6. The third-order valence-corrected chi connectivity index (χ3v) is 3.97. The van der Waals surface area contributed by atoms with Crippen LogP contribution in [0, 0.1) is 5.41 Å². The van der Waals surface area contributed by atoms with Crippen molar-refractivity contribution >= 4 is 6.09 Å². The van der Waals surface area contributed by atoms with E-state index in [4.69, 9.17) is 14.6 Å². The highest BCUT2D eigenvalue weighted by molar-refractivity contribution is 5.68. The Morgan fingerprint density at radius 1 is 1.42 bits per heavy atom. The molecule has 2 saturated heterocycles. The predicted octanol–water partition coefficient (Wildman–Crippen LogP) is 1.78. The average molecular weight is 271 g/mol. The van der Waals surface area contributed by atoms with E-state index in [0.717, 1.165) is 32.4 Å². The molecule has 5 nitrogen and oxygen atoms in total. The second kappa shape index (κ2) is 5.29. The minimum Gasteiger partial charge on any atom is -0.444 e. The Balaban J connectivity index is 1.84. The van der Waals surface area contributed by atoms with E-state index in [1.807, 2.05) is 20.8 Å². The first-order valence-electron chi connectivity index (χ1n) is 7.04. The summed E-state index contributed by atoms with van der Waals surface area (Å²) in [5.41, 5.74) is -0.281. The molecule has 0 aromatic rings. The third-order valence-electron chi connectivity index (χ3n) is 3.97. The highest BCUT2D eigenvalue weighted by Crippen LogP contribution is 2.41. The minimum absolute atomic E-state index is 0.0203. The lowest BCUT2D eigenvalue weighted by molar-refractivity contribution is 0.00710. The molecule has 2 aliphatic heterocycles. The first-order chi connectivity index (χ1) is 8.84. The number of carbonyl (C=O) groups excluding carboxylic acids is 1. The Labute approximate surface area is 114 Å². The summed E-state index contributed by atoms with van der Waals surface area (Å²) in [7, 11) is 0. The van der Waals surface area contributed by atoms with Gasteiger partial charge >= 0.3 is 6.09 Å². The van der Waals surface area contributed by atoms with Crippen molar-refractivity contribution in [3.05, 3.63) is 0 Å². The van der Waals surface area contributed by atoms with Crippen LogP contribution in [0.15, 0.2) is 0 Å². The maximum Gasteiger partial charge on any atom is 0.410 e. The van der Waals surface area contributed by atoms with Crippen LogP contribution in [-0.4, -0.2) is 54.1 Å². The maximum absolute atomic E-state index is 12.0. The van der Waals surface area contributed by atoms with E-state index in [9.17, 15) is 4.79 Å². The monoisotopic (exact) mass is 271 g/mol. The summed E-state index contributed by atoms with van der Waals surface area (Å²) in [6.45, 7) is 7.89. The lowest BCUT2D eigenvalue weighted by atomic mass is 9.77. The first kappa shape index (κ1) is 14.6. The Kier molecular flexibility index (Phi) is 4.06. The molecule has 19 heavy (non-hydrogen) atoms. The second-order valence-electron chi connectivity index (χ2n) is 6.79. The van der Waals surface area contributed by atoms with Crippen molar-refractivity contribution in [2.24, 2.45) is 5.41 Å². The molecule has 1 atom stereocenters. The van der Waals surface area contributed by atoms with Crippen molar-refractivity contribution in [1.82, 2.24) is 4.90 Å². The molecule has 2 fully saturated rings. The van der Waals surface area contributed by atoms with Gasteiger partial charge in [0.05, 0.1) is 19.3 Å². The summed E-state index contributed by atoms with van der Waals surface area (Å²) < 4.78 is 11.0. The van der Waals surface area contributed by atoms with Crippen molar-refractivity contribution in [2.75, 3.05) is 26.3 Å². The van der Waals surface area contributed by atoms with Gasteiger partial charge in [-0.25, -0.2) is 4.79 Å². The van der Waals surface area contributed by atoms with Gasteiger partial charge in [-0.1, -0.05) is 0 Å². The topological polar surface area (TPSA) is 59.0 Å². The van der Waals surface area contributed by atoms with Gasteiger partial charge in [0, 0.05) is 13.1 Å². The van der Waals surface area contributed by atoms with E-state index < -0.39 is 5.60 Å². The van der Waals surface area contributed by atoms with E-state index in [0.29, 0.717) is 6.61 Å². The molecule has 5 heteroatoms. The zero-order valence-corrected chi connectivity index (χ0v) is 12.1. The fourth-order valence-corrected chi connectivity index (χ4v) is 2.85. The molecule has 1 N–H and O–H groups in total. The number of piperidine rings is 1. The fourth-order valence-electron chi connectivity index (χ4n) is 2.85. The summed E-state index contributed by atoms with van der Waals surface area (Å²) in [6.07, 6.45) is 2.53. The van der Waals surface area contributed by atoms with E-state index in [2.05, 4.69) is 0 Å². The van der Waals surface area contributed by atoms with Crippen molar-refractivity contribution in [1.29, 1.82) is 0 Å². The molecule has 0 radical (unpaired) electrons.